The Balaban J connectivity index is 2.34. The van der Waals surface area contributed by atoms with Crippen LogP contribution in [0.5, 0.6) is 0 Å². The quantitative estimate of drug-likeness (QED) is 0.598. The fourth-order valence-electron chi connectivity index (χ4n) is 2.48. The van der Waals surface area contributed by atoms with Gasteiger partial charge in [-0.2, -0.15) is 5.26 Å². The maximum atomic E-state index is 12.1. The molecule has 7 nitrogen and oxygen atoms in total. The molecule has 1 atom stereocenters. The number of allylic oxidation sites excluding steroid dienone is 1. The molecule has 1 aliphatic rings. The average molecular weight is 281 g/mol. The number of benzene rings is 1. The maximum absolute atomic E-state index is 12.1. The Morgan fingerprint density at radius 3 is 2.52 bits per heavy atom. The van der Waals surface area contributed by atoms with E-state index in [-0.39, 0.29) is 22.8 Å². The van der Waals surface area contributed by atoms with Gasteiger partial charge in [-0.05, 0) is 5.56 Å². The van der Waals surface area contributed by atoms with Crippen molar-refractivity contribution in [2.45, 2.75) is 5.92 Å². The van der Waals surface area contributed by atoms with Gasteiger partial charge in [0, 0.05) is 0 Å². The van der Waals surface area contributed by atoms with Crippen molar-refractivity contribution in [3.05, 3.63) is 73.7 Å². The highest BCUT2D eigenvalue weighted by molar-refractivity contribution is 5.63. The van der Waals surface area contributed by atoms with Gasteiger partial charge in [0.15, 0.2) is 0 Å². The smallest absolute Gasteiger partial charge is 0.327 e. The van der Waals surface area contributed by atoms with Gasteiger partial charge in [0.2, 0.25) is 0 Å². The zero-order valence-electron chi connectivity index (χ0n) is 10.8. The second-order valence-corrected chi connectivity index (χ2v) is 4.60. The predicted molar refractivity (Wildman–Crippen MR) is 76.4 cm³/mol. The highest BCUT2D eigenvalue weighted by Gasteiger charge is 2.31. The van der Waals surface area contributed by atoms with Crippen molar-refractivity contribution in [3.63, 3.8) is 0 Å². The Bertz CT molecular complexity index is 886. The largest absolute Gasteiger partial charge is 0.384 e. The first kappa shape index (κ1) is 12.7. The van der Waals surface area contributed by atoms with E-state index in [0.717, 1.165) is 5.56 Å². The summed E-state index contributed by atoms with van der Waals surface area (Å²) >= 11 is 0. The van der Waals surface area contributed by atoms with E-state index in [1.807, 2.05) is 24.3 Å². The number of nitrogens with zero attached hydrogens (tertiary/aromatic N) is 1. The van der Waals surface area contributed by atoms with Crippen LogP contribution < -0.4 is 22.3 Å². The van der Waals surface area contributed by atoms with Crippen LogP contribution in [0.2, 0.25) is 0 Å². The molecule has 1 aromatic carbocycles. The van der Waals surface area contributed by atoms with Crippen LogP contribution in [0.25, 0.3) is 0 Å². The number of hydrogen-bond acceptors (Lipinski definition) is 5. The summed E-state index contributed by atoms with van der Waals surface area (Å²) in [6.07, 6.45) is 0. The van der Waals surface area contributed by atoms with Crippen LogP contribution in [-0.4, -0.2) is 9.97 Å². The van der Waals surface area contributed by atoms with Crippen LogP contribution in [0, 0.1) is 11.3 Å². The van der Waals surface area contributed by atoms with Gasteiger partial charge in [-0.25, -0.2) is 4.79 Å². The molecule has 0 saturated carbocycles. The number of nitrogens with one attached hydrogen (secondary N) is 3. The van der Waals surface area contributed by atoms with Gasteiger partial charge in [-0.1, -0.05) is 30.3 Å². The summed E-state index contributed by atoms with van der Waals surface area (Å²) in [5.41, 5.74) is 5.92. The lowest BCUT2D eigenvalue weighted by Crippen LogP contribution is -2.34. The van der Waals surface area contributed by atoms with Crippen molar-refractivity contribution in [2.24, 2.45) is 5.73 Å². The van der Waals surface area contributed by atoms with Crippen LogP contribution in [0.1, 0.15) is 17.0 Å². The molecule has 1 unspecified atom stereocenters. The summed E-state index contributed by atoms with van der Waals surface area (Å²) in [7, 11) is 0. The Hall–Kier alpha value is -3.27. The predicted octanol–water partition coefficient (Wildman–Crippen LogP) is 0.314. The molecule has 0 amide bonds. The highest BCUT2D eigenvalue weighted by Crippen LogP contribution is 2.36. The monoisotopic (exact) mass is 281 g/mol. The number of fused-ring (bicyclic) bond motifs is 1. The number of nitrogens with two attached hydrogens (primary N) is 1. The Morgan fingerprint density at radius 1 is 1.14 bits per heavy atom. The molecule has 0 fully saturated rings. The fraction of sp³-hybridized carbons (Fsp3) is 0.0714. The molecule has 5 N–H and O–H groups in total. The van der Waals surface area contributed by atoms with Gasteiger partial charge in [0.05, 0.1) is 23.1 Å². The molecule has 0 saturated heterocycles. The number of aromatic nitrogens is 2. The summed E-state index contributed by atoms with van der Waals surface area (Å²) in [6, 6.07) is 11.1. The third-order valence-electron chi connectivity index (χ3n) is 3.36. The Labute approximate surface area is 118 Å². The van der Waals surface area contributed by atoms with E-state index in [2.05, 4.69) is 15.3 Å². The van der Waals surface area contributed by atoms with Gasteiger partial charge in [0.25, 0.3) is 5.56 Å². The highest BCUT2D eigenvalue weighted by atomic mass is 16.2. The number of anilines is 1. The summed E-state index contributed by atoms with van der Waals surface area (Å²) < 4.78 is 0. The molecule has 0 aliphatic carbocycles. The maximum Gasteiger partial charge on any atom is 0.327 e. The molecule has 1 aliphatic heterocycles. The van der Waals surface area contributed by atoms with E-state index in [0.29, 0.717) is 0 Å². The molecule has 3 rings (SSSR count). The first-order valence-corrected chi connectivity index (χ1v) is 6.20. The Kier molecular flexibility index (Phi) is 2.84. The normalized spacial score (nSPS) is 16.8. The van der Waals surface area contributed by atoms with Gasteiger partial charge in [-0.15, -0.1) is 0 Å². The summed E-state index contributed by atoms with van der Waals surface area (Å²) in [5, 5.41) is 12.1. The third kappa shape index (κ3) is 1.99. The molecular weight excluding hydrogens is 270 g/mol. The minimum atomic E-state index is -0.633. The average Bonchev–Trinajstić information content (AvgIpc) is 2.46. The summed E-state index contributed by atoms with van der Waals surface area (Å²) in [6.45, 7) is 0. The van der Waals surface area contributed by atoms with Crippen molar-refractivity contribution in [3.8, 4) is 6.07 Å². The van der Waals surface area contributed by atoms with E-state index in [4.69, 9.17) is 5.73 Å². The van der Waals surface area contributed by atoms with Gasteiger partial charge < -0.3 is 11.1 Å². The summed E-state index contributed by atoms with van der Waals surface area (Å²) in [4.78, 5) is 28.2. The molecule has 21 heavy (non-hydrogen) atoms. The zero-order chi connectivity index (χ0) is 15.0. The van der Waals surface area contributed by atoms with Crippen molar-refractivity contribution >= 4 is 5.82 Å². The van der Waals surface area contributed by atoms with Crippen molar-refractivity contribution in [1.82, 2.24) is 9.97 Å². The van der Waals surface area contributed by atoms with Crippen LogP contribution in [0.15, 0.2) is 51.3 Å². The topological polar surface area (TPSA) is 128 Å². The standard InChI is InChI=1S/C14H11N5O2/c15-6-8-9(7-4-2-1-3-5-7)10-12(17-11(8)16)18-14(21)19-13(10)20/h1-5,9H,16H2,(H3,17,18,19,20,21). The molecule has 7 heteroatoms. The number of H-pyrrole nitrogens is 2. The SMILES string of the molecule is N#CC1=C(N)Nc2[nH]c(=O)[nH]c(=O)c2C1c1ccccc1. The van der Waals surface area contributed by atoms with Crippen molar-refractivity contribution < 1.29 is 0 Å². The van der Waals surface area contributed by atoms with Crippen LogP contribution in [0.3, 0.4) is 0 Å². The molecule has 2 aromatic rings. The van der Waals surface area contributed by atoms with Crippen LogP contribution in [0.4, 0.5) is 5.82 Å². The van der Waals surface area contributed by atoms with Gasteiger partial charge in [0.1, 0.15) is 11.6 Å². The Morgan fingerprint density at radius 2 is 1.86 bits per heavy atom. The molecule has 0 bridgehead atoms. The minimum Gasteiger partial charge on any atom is -0.384 e. The van der Waals surface area contributed by atoms with E-state index >= 15 is 0 Å². The lowest BCUT2D eigenvalue weighted by molar-refractivity contribution is 0.865. The number of hydrogen-bond donors (Lipinski definition) is 4. The molecule has 2 heterocycles. The van der Waals surface area contributed by atoms with Crippen molar-refractivity contribution in [1.29, 1.82) is 5.26 Å². The number of rotatable bonds is 1. The number of nitriles is 1. The number of aromatic amines is 2. The summed E-state index contributed by atoms with van der Waals surface area (Å²) in [5.74, 6) is -0.276. The molecular formula is C14H11N5O2. The second-order valence-electron chi connectivity index (χ2n) is 4.60. The van der Waals surface area contributed by atoms with E-state index in [9.17, 15) is 14.9 Å². The first-order valence-electron chi connectivity index (χ1n) is 6.20. The van der Waals surface area contributed by atoms with Gasteiger partial charge in [-0.3, -0.25) is 14.8 Å². The van der Waals surface area contributed by atoms with E-state index < -0.39 is 17.2 Å². The molecule has 0 spiro atoms. The zero-order valence-corrected chi connectivity index (χ0v) is 10.8. The second kappa shape index (κ2) is 4.68. The van der Waals surface area contributed by atoms with Crippen LogP contribution >= 0.6 is 0 Å². The first-order chi connectivity index (χ1) is 10.1. The minimum absolute atomic E-state index is 0.125. The van der Waals surface area contributed by atoms with E-state index in [1.54, 1.807) is 12.1 Å². The van der Waals surface area contributed by atoms with Crippen molar-refractivity contribution in [2.75, 3.05) is 5.32 Å². The van der Waals surface area contributed by atoms with E-state index in [1.165, 1.54) is 0 Å². The van der Waals surface area contributed by atoms with Gasteiger partial charge >= 0.3 is 5.69 Å². The molecule has 1 aromatic heterocycles. The molecule has 104 valence electrons. The third-order valence-corrected chi connectivity index (χ3v) is 3.36. The lowest BCUT2D eigenvalue weighted by atomic mass is 9.84. The fourth-order valence-corrected chi connectivity index (χ4v) is 2.48. The molecule has 0 radical (unpaired) electrons. The van der Waals surface area contributed by atoms with Crippen LogP contribution in [-0.2, 0) is 0 Å². The lowest BCUT2D eigenvalue weighted by Gasteiger charge is -2.25.